The summed E-state index contributed by atoms with van der Waals surface area (Å²) in [6.45, 7) is 2.12. The Morgan fingerprint density at radius 1 is 0.893 bits per heavy atom. The Kier molecular flexibility index (Phi) is 5.34. The van der Waals surface area contributed by atoms with E-state index in [4.69, 9.17) is 0 Å². The van der Waals surface area contributed by atoms with Crippen molar-refractivity contribution in [1.29, 1.82) is 0 Å². The van der Waals surface area contributed by atoms with Gasteiger partial charge in [-0.3, -0.25) is 9.69 Å². The molecule has 2 heterocycles. The van der Waals surface area contributed by atoms with Gasteiger partial charge in [-0.25, -0.2) is 24.0 Å². The average molecular weight is 390 g/mol. The maximum absolute atomic E-state index is 13.9. The second kappa shape index (κ2) is 7.90. The highest BCUT2D eigenvalue weighted by molar-refractivity contribution is 5.94. The van der Waals surface area contributed by atoms with E-state index in [1.807, 2.05) is 0 Å². The summed E-state index contributed by atoms with van der Waals surface area (Å²) in [4.78, 5) is 16.3. The number of carbonyl (C=O) groups is 1. The molecule has 2 saturated heterocycles. The zero-order chi connectivity index (χ0) is 19.7. The number of hydrogen-bond acceptors (Lipinski definition) is 4. The number of hydrazine groups is 1. The van der Waals surface area contributed by atoms with Gasteiger partial charge in [-0.1, -0.05) is 12.1 Å². The standard InChI is InChI=1S/C20H21F3N4O/c21-14-3-1-13(2-4-14)18-12-19(25-24-18)26-7-9-27(10-8-26)20(28)16-11-15(22)5-6-17(16)23/h1-6,11,18-19,24-25H,7-10,12H2. The van der Waals surface area contributed by atoms with Crippen molar-refractivity contribution < 1.29 is 18.0 Å². The van der Waals surface area contributed by atoms with E-state index in [2.05, 4.69) is 15.8 Å². The van der Waals surface area contributed by atoms with Gasteiger partial charge >= 0.3 is 0 Å². The fourth-order valence-electron chi connectivity index (χ4n) is 3.76. The summed E-state index contributed by atoms with van der Waals surface area (Å²) in [5.41, 5.74) is 7.25. The molecule has 2 fully saturated rings. The van der Waals surface area contributed by atoms with Gasteiger partial charge in [0.2, 0.25) is 0 Å². The molecule has 0 saturated carbocycles. The summed E-state index contributed by atoms with van der Waals surface area (Å²) in [7, 11) is 0. The number of nitrogens with zero attached hydrogens (tertiary/aromatic N) is 2. The first-order valence-electron chi connectivity index (χ1n) is 9.26. The quantitative estimate of drug-likeness (QED) is 0.845. The first-order chi connectivity index (χ1) is 13.5. The molecular formula is C20H21F3N4O. The lowest BCUT2D eigenvalue weighted by Crippen LogP contribution is -2.55. The fourth-order valence-corrected chi connectivity index (χ4v) is 3.76. The Morgan fingerprint density at radius 2 is 1.57 bits per heavy atom. The predicted molar refractivity (Wildman–Crippen MR) is 97.7 cm³/mol. The highest BCUT2D eigenvalue weighted by Gasteiger charge is 2.32. The topological polar surface area (TPSA) is 47.6 Å². The van der Waals surface area contributed by atoms with Gasteiger partial charge in [0.05, 0.1) is 11.7 Å². The molecule has 2 atom stereocenters. The van der Waals surface area contributed by atoms with Gasteiger partial charge in [0.1, 0.15) is 17.5 Å². The summed E-state index contributed by atoms with van der Waals surface area (Å²) in [5, 5.41) is 0. The Hall–Kier alpha value is -2.42. The van der Waals surface area contributed by atoms with Gasteiger partial charge in [0, 0.05) is 32.2 Å². The number of halogens is 3. The number of rotatable bonds is 3. The van der Waals surface area contributed by atoms with Crippen LogP contribution in [0.5, 0.6) is 0 Å². The minimum Gasteiger partial charge on any atom is -0.336 e. The number of hydrogen-bond donors (Lipinski definition) is 2. The molecule has 2 aromatic rings. The maximum Gasteiger partial charge on any atom is 0.257 e. The third-order valence-corrected chi connectivity index (χ3v) is 5.36. The van der Waals surface area contributed by atoms with Crippen LogP contribution in [0.15, 0.2) is 42.5 Å². The molecule has 2 unspecified atom stereocenters. The van der Waals surface area contributed by atoms with Gasteiger partial charge in [-0.05, 0) is 42.3 Å². The van der Waals surface area contributed by atoms with Crippen LogP contribution in [0.2, 0.25) is 0 Å². The molecule has 8 heteroatoms. The van der Waals surface area contributed by atoms with Crippen molar-refractivity contribution in [2.45, 2.75) is 18.6 Å². The summed E-state index contributed by atoms with van der Waals surface area (Å²) < 4.78 is 40.3. The van der Waals surface area contributed by atoms with Crippen molar-refractivity contribution in [3.63, 3.8) is 0 Å². The van der Waals surface area contributed by atoms with Crippen molar-refractivity contribution >= 4 is 5.91 Å². The molecule has 0 bridgehead atoms. The van der Waals surface area contributed by atoms with E-state index >= 15 is 0 Å². The average Bonchev–Trinajstić information content (AvgIpc) is 3.20. The molecule has 0 aliphatic carbocycles. The van der Waals surface area contributed by atoms with E-state index in [0.717, 1.165) is 30.2 Å². The normalized spacial score (nSPS) is 23.2. The SMILES string of the molecule is O=C(c1cc(F)ccc1F)N1CCN(C2CC(c3ccc(F)cc3)NN2)CC1. The van der Waals surface area contributed by atoms with Crippen molar-refractivity contribution in [1.82, 2.24) is 20.7 Å². The zero-order valence-electron chi connectivity index (χ0n) is 15.2. The predicted octanol–water partition coefficient (Wildman–Crippen LogP) is 2.43. The second-order valence-corrected chi connectivity index (χ2v) is 7.10. The third kappa shape index (κ3) is 3.89. The molecule has 0 aromatic heterocycles. The number of carbonyl (C=O) groups excluding carboxylic acids is 1. The number of piperazine rings is 1. The fraction of sp³-hybridized carbons (Fsp3) is 0.350. The van der Waals surface area contributed by atoms with Crippen LogP contribution in [0, 0.1) is 17.5 Å². The Bertz CT molecular complexity index is 853. The van der Waals surface area contributed by atoms with Crippen LogP contribution >= 0.6 is 0 Å². The molecule has 148 valence electrons. The summed E-state index contributed by atoms with van der Waals surface area (Å²) in [6, 6.07) is 9.41. The van der Waals surface area contributed by atoms with Gasteiger partial charge in [0.15, 0.2) is 0 Å². The molecule has 5 nitrogen and oxygen atoms in total. The highest BCUT2D eigenvalue weighted by atomic mass is 19.1. The minimum absolute atomic E-state index is 0.0756. The largest absolute Gasteiger partial charge is 0.336 e. The number of nitrogens with one attached hydrogen (secondary N) is 2. The lowest BCUT2D eigenvalue weighted by Gasteiger charge is -2.37. The Balaban J connectivity index is 1.34. The molecule has 2 N–H and O–H groups in total. The first kappa shape index (κ1) is 18.9. The molecular weight excluding hydrogens is 369 g/mol. The second-order valence-electron chi connectivity index (χ2n) is 7.10. The molecule has 1 amide bonds. The molecule has 2 aliphatic rings. The van der Waals surface area contributed by atoms with Crippen LogP contribution in [-0.2, 0) is 0 Å². The van der Waals surface area contributed by atoms with Gasteiger partial charge in [0.25, 0.3) is 5.91 Å². The molecule has 2 aliphatic heterocycles. The van der Waals surface area contributed by atoms with Gasteiger partial charge < -0.3 is 4.90 Å². The van der Waals surface area contributed by atoms with Crippen molar-refractivity contribution in [3.8, 4) is 0 Å². The van der Waals surface area contributed by atoms with E-state index in [9.17, 15) is 18.0 Å². The van der Waals surface area contributed by atoms with E-state index < -0.39 is 17.5 Å². The summed E-state index contributed by atoms with van der Waals surface area (Å²) in [6.07, 6.45) is 0.885. The van der Waals surface area contributed by atoms with Crippen LogP contribution in [0.4, 0.5) is 13.2 Å². The molecule has 0 spiro atoms. The molecule has 2 aromatic carbocycles. The molecule has 28 heavy (non-hydrogen) atoms. The van der Waals surface area contributed by atoms with Crippen LogP contribution in [-0.4, -0.2) is 48.1 Å². The summed E-state index contributed by atoms with van der Waals surface area (Å²) in [5.74, 6) is -2.09. The monoisotopic (exact) mass is 390 g/mol. The first-order valence-corrected chi connectivity index (χ1v) is 9.26. The van der Waals surface area contributed by atoms with Crippen LogP contribution < -0.4 is 10.9 Å². The van der Waals surface area contributed by atoms with E-state index in [1.54, 1.807) is 17.0 Å². The van der Waals surface area contributed by atoms with Crippen LogP contribution in [0.25, 0.3) is 0 Å². The molecule has 0 radical (unpaired) electrons. The number of benzene rings is 2. The van der Waals surface area contributed by atoms with Gasteiger partial charge in [-0.15, -0.1) is 0 Å². The molecule has 4 rings (SSSR count). The highest BCUT2D eigenvalue weighted by Crippen LogP contribution is 2.25. The van der Waals surface area contributed by atoms with Crippen molar-refractivity contribution in [2.24, 2.45) is 0 Å². The smallest absolute Gasteiger partial charge is 0.257 e. The van der Waals surface area contributed by atoms with Gasteiger partial charge in [-0.2, -0.15) is 0 Å². The van der Waals surface area contributed by atoms with Crippen molar-refractivity contribution in [2.75, 3.05) is 26.2 Å². The van der Waals surface area contributed by atoms with E-state index in [1.165, 1.54) is 12.1 Å². The van der Waals surface area contributed by atoms with E-state index in [0.29, 0.717) is 26.2 Å². The van der Waals surface area contributed by atoms with E-state index in [-0.39, 0.29) is 23.6 Å². The third-order valence-electron chi connectivity index (χ3n) is 5.36. The zero-order valence-corrected chi connectivity index (χ0v) is 15.2. The lowest BCUT2D eigenvalue weighted by atomic mass is 10.0. The lowest BCUT2D eigenvalue weighted by molar-refractivity contribution is 0.0540. The van der Waals surface area contributed by atoms with Crippen LogP contribution in [0.1, 0.15) is 28.4 Å². The Labute approximate surface area is 161 Å². The number of amides is 1. The van der Waals surface area contributed by atoms with Crippen molar-refractivity contribution in [3.05, 3.63) is 71.0 Å². The summed E-state index contributed by atoms with van der Waals surface area (Å²) >= 11 is 0. The Morgan fingerprint density at radius 3 is 2.29 bits per heavy atom. The maximum atomic E-state index is 13.9. The minimum atomic E-state index is -0.711. The van der Waals surface area contributed by atoms with Crippen LogP contribution in [0.3, 0.4) is 0 Å².